The predicted molar refractivity (Wildman–Crippen MR) is 99.9 cm³/mol. The number of ketones is 1. The average molecular weight is 371 g/mol. The van der Waals surface area contributed by atoms with E-state index in [1.165, 1.54) is 18.2 Å². The van der Waals surface area contributed by atoms with Crippen LogP contribution in [0.15, 0.2) is 48.5 Å². The van der Waals surface area contributed by atoms with Crippen molar-refractivity contribution >= 4 is 11.5 Å². The van der Waals surface area contributed by atoms with Gasteiger partial charge >= 0.3 is 0 Å². The third-order valence-corrected chi connectivity index (χ3v) is 4.71. The monoisotopic (exact) mass is 371 g/mol. The van der Waals surface area contributed by atoms with Crippen LogP contribution in [0, 0.1) is 15.9 Å². The van der Waals surface area contributed by atoms with Crippen molar-refractivity contribution in [1.82, 2.24) is 9.80 Å². The first-order chi connectivity index (χ1) is 13.0. The number of halogens is 1. The van der Waals surface area contributed by atoms with Crippen LogP contribution in [0.5, 0.6) is 0 Å². The zero-order valence-corrected chi connectivity index (χ0v) is 15.0. The molecule has 1 fully saturated rings. The third-order valence-electron chi connectivity index (χ3n) is 4.71. The number of Topliss-reactive ketones (excluding diaryl/α,β-unsaturated/α-hetero) is 1. The van der Waals surface area contributed by atoms with E-state index in [-0.39, 0.29) is 23.7 Å². The van der Waals surface area contributed by atoms with E-state index in [9.17, 15) is 19.3 Å². The maximum absolute atomic E-state index is 13.3. The molecule has 6 nitrogen and oxygen atoms in total. The molecule has 0 aromatic heterocycles. The van der Waals surface area contributed by atoms with Crippen LogP contribution in [0.1, 0.15) is 11.1 Å². The molecule has 1 aliphatic heterocycles. The molecule has 27 heavy (non-hydrogen) atoms. The van der Waals surface area contributed by atoms with Crippen molar-refractivity contribution < 1.29 is 14.1 Å². The summed E-state index contributed by atoms with van der Waals surface area (Å²) in [5, 5.41) is 10.7. The zero-order chi connectivity index (χ0) is 19.2. The number of benzene rings is 2. The largest absolute Gasteiger partial charge is 0.298 e. The molecular weight excluding hydrogens is 349 g/mol. The number of carbonyl (C=O) groups excluding carboxylic acids is 1. The van der Waals surface area contributed by atoms with Gasteiger partial charge in [0.1, 0.15) is 5.82 Å². The summed E-state index contributed by atoms with van der Waals surface area (Å²) in [6.07, 6.45) is 0.279. The lowest BCUT2D eigenvalue weighted by Crippen LogP contribution is -2.47. The number of nitro benzene ring substituents is 1. The lowest BCUT2D eigenvalue weighted by atomic mass is 10.1. The predicted octanol–water partition coefficient (Wildman–Crippen LogP) is 2.66. The van der Waals surface area contributed by atoms with Gasteiger partial charge in [-0.25, -0.2) is 4.39 Å². The van der Waals surface area contributed by atoms with Gasteiger partial charge in [-0.15, -0.1) is 0 Å². The topological polar surface area (TPSA) is 66.7 Å². The fourth-order valence-corrected chi connectivity index (χ4v) is 3.27. The van der Waals surface area contributed by atoms with Crippen LogP contribution in [-0.2, 0) is 17.8 Å². The SMILES string of the molecule is O=C(Cc1ccc([N+](=O)[O-])cc1)CN1CCN(Cc2cccc(F)c2)CC1. The van der Waals surface area contributed by atoms with E-state index < -0.39 is 4.92 Å². The first-order valence-electron chi connectivity index (χ1n) is 8.94. The van der Waals surface area contributed by atoms with Crippen molar-refractivity contribution in [1.29, 1.82) is 0 Å². The summed E-state index contributed by atoms with van der Waals surface area (Å²) in [5.74, 6) is -0.120. The number of hydrogen-bond donors (Lipinski definition) is 0. The summed E-state index contributed by atoms with van der Waals surface area (Å²) in [5.41, 5.74) is 1.77. The summed E-state index contributed by atoms with van der Waals surface area (Å²) in [4.78, 5) is 26.9. The fraction of sp³-hybridized carbons (Fsp3) is 0.350. The Morgan fingerprint density at radius 2 is 1.67 bits per heavy atom. The van der Waals surface area contributed by atoms with E-state index in [0.29, 0.717) is 13.1 Å². The van der Waals surface area contributed by atoms with Gasteiger partial charge in [-0.3, -0.25) is 24.7 Å². The van der Waals surface area contributed by atoms with Crippen LogP contribution in [-0.4, -0.2) is 53.2 Å². The highest BCUT2D eigenvalue weighted by Gasteiger charge is 2.19. The molecule has 142 valence electrons. The molecule has 7 heteroatoms. The minimum atomic E-state index is -0.449. The number of piperazine rings is 1. The molecule has 0 unspecified atom stereocenters. The molecule has 0 radical (unpaired) electrons. The van der Waals surface area contributed by atoms with Crippen LogP contribution < -0.4 is 0 Å². The van der Waals surface area contributed by atoms with Crippen LogP contribution in [0.25, 0.3) is 0 Å². The maximum Gasteiger partial charge on any atom is 0.269 e. The molecule has 0 spiro atoms. The highest BCUT2D eigenvalue weighted by molar-refractivity contribution is 5.82. The maximum atomic E-state index is 13.3. The second-order valence-electron chi connectivity index (χ2n) is 6.82. The molecule has 2 aromatic carbocycles. The summed E-state index contributed by atoms with van der Waals surface area (Å²) in [6.45, 7) is 4.35. The quantitative estimate of drug-likeness (QED) is 0.553. The van der Waals surface area contributed by atoms with Gasteiger partial charge < -0.3 is 0 Å². The van der Waals surface area contributed by atoms with Gasteiger partial charge in [-0.05, 0) is 23.3 Å². The van der Waals surface area contributed by atoms with Gasteiger partial charge in [-0.1, -0.05) is 24.3 Å². The first kappa shape index (κ1) is 19.1. The normalized spacial score (nSPS) is 15.6. The molecular formula is C20H22FN3O3. The number of non-ortho nitro benzene ring substituents is 1. The second-order valence-corrected chi connectivity index (χ2v) is 6.82. The van der Waals surface area contributed by atoms with Crippen LogP contribution in [0.2, 0.25) is 0 Å². The van der Waals surface area contributed by atoms with E-state index in [0.717, 1.165) is 37.3 Å². The third kappa shape index (κ3) is 5.67. The Hall–Kier alpha value is -2.64. The Morgan fingerprint density at radius 3 is 2.30 bits per heavy atom. The number of nitrogens with zero attached hydrogens (tertiary/aromatic N) is 3. The van der Waals surface area contributed by atoms with E-state index in [2.05, 4.69) is 9.80 Å². The van der Waals surface area contributed by atoms with E-state index in [1.807, 2.05) is 6.07 Å². The molecule has 0 atom stereocenters. The highest BCUT2D eigenvalue weighted by atomic mass is 19.1. The highest BCUT2D eigenvalue weighted by Crippen LogP contribution is 2.13. The minimum absolute atomic E-state index is 0.0284. The van der Waals surface area contributed by atoms with E-state index in [4.69, 9.17) is 0 Å². The van der Waals surface area contributed by atoms with Crippen molar-refractivity contribution in [3.05, 3.63) is 75.6 Å². The summed E-state index contributed by atoms with van der Waals surface area (Å²) in [6, 6.07) is 12.8. The molecule has 0 aliphatic carbocycles. The Kier molecular flexibility index (Phi) is 6.26. The molecule has 0 N–H and O–H groups in total. The van der Waals surface area contributed by atoms with Gasteiger partial charge in [-0.2, -0.15) is 0 Å². The van der Waals surface area contributed by atoms with Gasteiger partial charge in [0.15, 0.2) is 5.78 Å². The lowest BCUT2D eigenvalue weighted by Gasteiger charge is -2.34. The van der Waals surface area contributed by atoms with E-state index in [1.54, 1.807) is 24.3 Å². The minimum Gasteiger partial charge on any atom is -0.298 e. The van der Waals surface area contributed by atoms with Crippen LogP contribution in [0.3, 0.4) is 0 Å². The Balaban J connectivity index is 1.43. The lowest BCUT2D eigenvalue weighted by molar-refractivity contribution is -0.384. The van der Waals surface area contributed by atoms with Gasteiger partial charge in [0.05, 0.1) is 11.5 Å². The standard InChI is InChI=1S/C20H22FN3O3/c21-18-3-1-2-17(12-18)14-22-8-10-23(11-9-22)15-20(25)13-16-4-6-19(7-5-16)24(26)27/h1-7,12H,8-11,13-15H2. The molecule has 0 bridgehead atoms. The van der Waals surface area contributed by atoms with Crippen molar-refractivity contribution in [3.8, 4) is 0 Å². The van der Waals surface area contributed by atoms with E-state index >= 15 is 0 Å². The summed E-state index contributed by atoms with van der Waals surface area (Å²) in [7, 11) is 0. The van der Waals surface area contributed by atoms with Crippen molar-refractivity contribution in [2.75, 3.05) is 32.7 Å². The zero-order valence-electron chi connectivity index (χ0n) is 15.0. The van der Waals surface area contributed by atoms with Gasteiger partial charge in [0.25, 0.3) is 5.69 Å². The Morgan fingerprint density at radius 1 is 1.00 bits per heavy atom. The second kappa shape index (κ2) is 8.83. The van der Waals surface area contributed by atoms with Crippen LogP contribution in [0.4, 0.5) is 10.1 Å². The van der Waals surface area contributed by atoms with Crippen LogP contribution >= 0.6 is 0 Å². The van der Waals surface area contributed by atoms with Crippen molar-refractivity contribution in [2.45, 2.75) is 13.0 Å². The molecule has 0 amide bonds. The molecule has 1 aliphatic rings. The van der Waals surface area contributed by atoms with Gasteiger partial charge in [0, 0.05) is 51.3 Å². The number of hydrogen-bond acceptors (Lipinski definition) is 5. The summed E-state index contributed by atoms with van der Waals surface area (Å²) >= 11 is 0. The molecule has 1 heterocycles. The fourth-order valence-electron chi connectivity index (χ4n) is 3.27. The molecule has 1 saturated heterocycles. The van der Waals surface area contributed by atoms with Crippen molar-refractivity contribution in [3.63, 3.8) is 0 Å². The molecule has 3 rings (SSSR count). The average Bonchev–Trinajstić information content (AvgIpc) is 2.64. The smallest absolute Gasteiger partial charge is 0.269 e. The van der Waals surface area contributed by atoms with Gasteiger partial charge in [0.2, 0.25) is 0 Å². The Bertz CT molecular complexity index is 802. The number of carbonyl (C=O) groups is 1. The summed E-state index contributed by atoms with van der Waals surface area (Å²) < 4.78 is 13.3. The van der Waals surface area contributed by atoms with Crippen molar-refractivity contribution in [2.24, 2.45) is 0 Å². The number of nitro groups is 1. The first-order valence-corrected chi connectivity index (χ1v) is 8.94. The Labute approximate surface area is 157 Å². The molecule has 0 saturated carbocycles. The molecule has 2 aromatic rings. The number of rotatable bonds is 7.